The fraction of sp³-hybridized carbons (Fsp3) is 0.304. The molecule has 0 amide bonds. The van der Waals surface area contributed by atoms with Gasteiger partial charge in [0.15, 0.2) is 11.5 Å². The minimum atomic E-state index is -0.216. The predicted molar refractivity (Wildman–Crippen MR) is 117 cm³/mol. The first-order valence-corrected chi connectivity index (χ1v) is 10.1. The molecular formula is C23H26N4O3. The van der Waals surface area contributed by atoms with E-state index in [9.17, 15) is 5.11 Å². The van der Waals surface area contributed by atoms with Crippen molar-refractivity contribution in [2.45, 2.75) is 6.92 Å². The van der Waals surface area contributed by atoms with Gasteiger partial charge >= 0.3 is 5.95 Å². The summed E-state index contributed by atoms with van der Waals surface area (Å²) in [5.41, 5.74) is 3.38. The van der Waals surface area contributed by atoms with E-state index in [2.05, 4.69) is 15.2 Å². The normalized spacial score (nSPS) is 14.7. The Morgan fingerprint density at radius 3 is 2.57 bits per heavy atom. The maximum Gasteiger partial charge on any atom is 0.314 e. The molecule has 7 nitrogen and oxygen atoms in total. The summed E-state index contributed by atoms with van der Waals surface area (Å²) in [6.45, 7) is 5.84. The average molecular weight is 406 g/mol. The second-order valence-corrected chi connectivity index (χ2v) is 7.14. The molecule has 3 aromatic rings. The van der Waals surface area contributed by atoms with Gasteiger partial charge in [-0.3, -0.25) is 4.99 Å². The van der Waals surface area contributed by atoms with E-state index in [1.807, 2.05) is 61.5 Å². The number of amidine groups is 1. The van der Waals surface area contributed by atoms with Crippen LogP contribution in [0.2, 0.25) is 0 Å². The van der Waals surface area contributed by atoms with E-state index in [0.717, 1.165) is 16.8 Å². The summed E-state index contributed by atoms with van der Waals surface area (Å²) in [5, 5.41) is 13.8. The standard InChI is InChI=1S/C23H26N4O3/c1-17-7-9-18(10-8-17)22-26-20(23(28)30-22)21(27-13-15-29-16-14-27)25-12-11-24-19-5-3-2-4-6-19/h2-10,24,28H,11-16H2,1H3. The number of morpholine rings is 1. The number of rotatable bonds is 6. The van der Waals surface area contributed by atoms with Gasteiger partial charge in [0.2, 0.25) is 5.89 Å². The van der Waals surface area contributed by atoms with Crippen molar-refractivity contribution < 1.29 is 14.3 Å². The molecule has 0 saturated carbocycles. The number of para-hydroxylation sites is 1. The molecule has 1 aliphatic rings. The number of benzene rings is 2. The van der Waals surface area contributed by atoms with Gasteiger partial charge in [0.05, 0.1) is 19.8 Å². The first-order valence-electron chi connectivity index (χ1n) is 10.1. The molecule has 156 valence electrons. The Balaban J connectivity index is 1.55. The number of nitrogens with one attached hydrogen (secondary N) is 1. The van der Waals surface area contributed by atoms with Crippen LogP contribution in [0.1, 0.15) is 11.3 Å². The zero-order chi connectivity index (χ0) is 20.8. The number of oxazole rings is 1. The number of hydrogen-bond donors (Lipinski definition) is 2. The molecule has 0 bridgehead atoms. The highest BCUT2D eigenvalue weighted by molar-refractivity contribution is 5.99. The van der Waals surface area contributed by atoms with Gasteiger partial charge in [-0.25, -0.2) is 4.98 Å². The molecule has 0 aliphatic carbocycles. The zero-order valence-electron chi connectivity index (χ0n) is 17.0. The molecular weight excluding hydrogens is 380 g/mol. The maximum absolute atomic E-state index is 10.5. The molecule has 0 radical (unpaired) electrons. The van der Waals surface area contributed by atoms with E-state index in [4.69, 9.17) is 14.1 Å². The second kappa shape index (κ2) is 9.45. The molecule has 1 saturated heterocycles. The number of aliphatic imine (C=N–C) groups is 1. The lowest BCUT2D eigenvalue weighted by Crippen LogP contribution is -2.41. The van der Waals surface area contributed by atoms with E-state index in [0.29, 0.717) is 56.8 Å². The summed E-state index contributed by atoms with van der Waals surface area (Å²) in [6, 6.07) is 17.8. The summed E-state index contributed by atoms with van der Waals surface area (Å²) in [7, 11) is 0. The van der Waals surface area contributed by atoms with Crippen molar-refractivity contribution >= 4 is 11.5 Å². The van der Waals surface area contributed by atoms with Crippen molar-refractivity contribution in [3.63, 3.8) is 0 Å². The zero-order valence-corrected chi connectivity index (χ0v) is 17.0. The maximum atomic E-state index is 10.5. The van der Waals surface area contributed by atoms with Gasteiger partial charge in [0, 0.05) is 30.9 Å². The Labute approximate surface area is 176 Å². The Kier molecular flexibility index (Phi) is 6.29. The van der Waals surface area contributed by atoms with Gasteiger partial charge < -0.3 is 24.5 Å². The van der Waals surface area contributed by atoms with Gasteiger partial charge in [-0.2, -0.15) is 0 Å². The first-order chi connectivity index (χ1) is 14.7. The fourth-order valence-corrected chi connectivity index (χ4v) is 3.30. The van der Waals surface area contributed by atoms with Crippen LogP contribution >= 0.6 is 0 Å². The summed E-state index contributed by atoms with van der Waals surface area (Å²) in [4.78, 5) is 11.4. The summed E-state index contributed by atoms with van der Waals surface area (Å²) in [5.74, 6) is 0.797. The number of ether oxygens (including phenoxy) is 1. The number of aryl methyl sites for hydroxylation is 1. The lowest BCUT2D eigenvalue weighted by molar-refractivity contribution is 0.0680. The molecule has 2 aromatic carbocycles. The highest BCUT2D eigenvalue weighted by Crippen LogP contribution is 2.28. The second-order valence-electron chi connectivity index (χ2n) is 7.14. The fourth-order valence-electron chi connectivity index (χ4n) is 3.30. The minimum absolute atomic E-state index is 0.216. The third kappa shape index (κ3) is 4.80. The molecule has 0 atom stereocenters. The summed E-state index contributed by atoms with van der Waals surface area (Å²) >= 11 is 0. The van der Waals surface area contributed by atoms with Crippen LogP contribution in [-0.4, -0.2) is 60.2 Å². The molecule has 30 heavy (non-hydrogen) atoms. The highest BCUT2D eigenvalue weighted by atomic mass is 16.5. The van der Waals surface area contributed by atoms with E-state index < -0.39 is 0 Å². The Morgan fingerprint density at radius 2 is 1.83 bits per heavy atom. The molecule has 0 unspecified atom stereocenters. The van der Waals surface area contributed by atoms with E-state index in [1.54, 1.807) is 0 Å². The minimum Gasteiger partial charge on any atom is -0.479 e. The number of aromatic nitrogens is 1. The van der Waals surface area contributed by atoms with Crippen LogP contribution in [0.4, 0.5) is 5.69 Å². The number of hydrogen-bond acceptors (Lipinski definition) is 6. The molecule has 1 aliphatic heterocycles. The largest absolute Gasteiger partial charge is 0.479 e. The SMILES string of the molecule is Cc1ccc(-c2nc(C(=NCCNc3ccccc3)N3CCOCC3)c(O)o2)cc1. The Hall–Kier alpha value is -3.32. The summed E-state index contributed by atoms with van der Waals surface area (Å²) < 4.78 is 11.0. The summed E-state index contributed by atoms with van der Waals surface area (Å²) in [6.07, 6.45) is 0. The Bertz CT molecular complexity index is 977. The average Bonchev–Trinajstić information content (AvgIpc) is 3.17. The van der Waals surface area contributed by atoms with Crippen LogP contribution in [0.5, 0.6) is 5.95 Å². The molecule has 1 fully saturated rings. The van der Waals surface area contributed by atoms with E-state index in [-0.39, 0.29) is 5.95 Å². The Morgan fingerprint density at radius 1 is 1.10 bits per heavy atom. The monoisotopic (exact) mass is 406 g/mol. The third-order valence-electron chi connectivity index (χ3n) is 4.91. The first kappa shape index (κ1) is 20.0. The highest BCUT2D eigenvalue weighted by Gasteiger charge is 2.25. The third-order valence-corrected chi connectivity index (χ3v) is 4.91. The molecule has 0 spiro atoms. The van der Waals surface area contributed by atoms with Crippen LogP contribution in [0, 0.1) is 6.92 Å². The predicted octanol–water partition coefficient (Wildman–Crippen LogP) is 3.55. The lowest BCUT2D eigenvalue weighted by Gasteiger charge is -2.29. The molecule has 1 aromatic heterocycles. The van der Waals surface area contributed by atoms with Gasteiger partial charge in [0.25, 0.3) is 0 Å². The van der Waals surface area contributed by atoms with Crippen LogP contribution in [0.15, 0.2) is 64.0 Å². The van der Waals surface area contributed by atoms with Crippen LogP contribution in [0.3, 0.4) is 0 Å². The van der Waals surface area contributed by atoms with Gasteiger partial charge in [0.1, 0.15) is 0 Å². The van der Waals surface area contributed by atoms with Crippen molar-refractivity contribution in [3.05, 3.63) is 65.9 Å². The van der Waals surface area contributed by atoms with Crippen molar-refractivity contribution in [1.29, 1.82) is 0 Å². The van der Waals surface area contributed by atoms with Crippen molar-refractivity contribution in [1.82, 2.24) is 9.88 Å². The molecule has 7 heteroatoms. The van der Waals surface area contributed by atoms with Gasteiger partial charge in [-0.15, -0.1) is 0 Å². The van der Waals surface area contributed by atoms with E-state index >= 15 is 0 Å². The van der Waals surface area contributed by atoms with Crippen molar-refractivity contribution in [2.24, 2.45) is 4.99 Å². The van der Waals surface area contributed by atoms with E-state index in [1.165, 1.54) is 0 Å². The molecule has 4 rings (SSSR count). The number of aromatic hydroxyl groups is 1. The van der Waals surface area contributed by atoms with Gasteiger partial charge in [-0.1, -0.05) is 35.9 Å². The van der Waals surface area contributed by atoms with Crippen LogP contribution in [-0.2, 0) is 4.74 Å². The number of anilines is 1. The number of nitrogens with zero attached hydrogens (tertiary/aromatic N) is 3. The lowest BCUT2D eigenvalue weighted by atomic mass is 10.1. The van der Waals surface area contributed by atoms with Crippen molar-refractivity contribution in [3.8, 4) is 17.4 Å². The van der Waals surface area contributed by atoms with Crippen LogP contribution in [0.25, 0.3) is 11.5 Å². The van der Waals surface area contributed by atoms with Gasteiger partial charge in [-0.05, 0) is 31.2 Å². The van der Waals surface area contributed by atoms with Crippen LogP contribution < -0.4 is 5.32 Å². The molecule has 2 heterocycles. The smallest absolute Gasteiger partial charge is 0.314 e. The quantitative estimate of drug-likeness (QED) is 0.370. The van der Waals surface area contributed by atoms with Crippen molar-refractivity contribution in [2.75, 3.05) is 44.7 Å². The topological polar surface area (TPSA) is 83.1 Å². The molecule has 2 N–H and O–H groups in total.